The van der Waals surface area contributed by atoms with E-state index in [-0.39, 0.29) is 0 Å². The predicted molar refractivity (Wildman–Crippen MR) is 57.0 cm³/mol. The Bertz CT molecular complexity index is 250. The average molecular weight is 220 g/mol. The van der Waals surface area contributed by atoms with E-state index in [0.717, 1.165) is 18.2 Å². The lowest BCUT2D eigenvalue weighted by Gasteiger charge is -2.06. The Morgan fingerprint density at radius 2 is 2.38 bits per heavy atom. The Labute approximate surface area is 87.8 Å². The molecule has 0 saturated heterocycles. The minimum absolute atomic E-state index is 0.555. The van der Waals surface area contributed by atoms with Crippen LogP contribution in [-0.2, 0) is 11.4 Å². The van der Waals surface area contributed by atoms with Crippen molar-refractivity contribution in [2.45, 2.75) is 20.4 Å². The van der Waals surface area contributed by atoms with Crippen LogP contribution in [0.1, 0.15) is 18.7 Å². The standard InChI is InChI=1S/C9H14ClNOS/c1-7(2)5-12-11-4-9-3-8(10)6-13-9/h3,6-7,11H,4-5H2,1-2H3. The van der Waals surface area contributed by atoms with E-state index >= 15 is 0 Å². The van der Waals surface area contributed by atoms with Gasteiger partial charge in [0.15, 0.2) is 0 Å². The minimum atomic E-state index is 0.555. The largest absolute Gasteiger partial charge is 0.301 e. The summed E-state index contributed by atoms with van der Waals surface area (Å²) in [4.78, 5) is 6.41. The molecule has 0 spiro atoms. The van der Waals surface area contributed by atoms with Gasteiger partial charge < -0.3 is 4.84 Å². The van der Waals surface area contributed by atoms with Crippen molar-refractivity contribution in [3.8, 4) is 0 Å². The smallest absolute Gasteiger partial charge is 0.0705 e. The van der Waals surface area contributed by atoms with Crippen LogP contribution in [0.25, 0.3) is 0 Å². The zero-order chi connectivity index (χ0) is 9.68. The molecule has 0 saturated carbocycles. The van der Waals surface area contributed by atoms with Gasteiger partial charge in [-0.05, 0) is 12.0 Å². The van der Waals surface area contributed by atoms with Crippen molar-refractivity contribution < 1.29 is 4.84 Å². The second-order valence-electron chi connectivity index (χ2n) is 3.26. The molecule has 0 bridgehead atoms. The fraction of sp³-hybridized carbons (Fsp3) is 0.556. The van der Waals surface area contributed by atoms with Crippen LogP contribution in [0.3, 0.4) is 0 Å². The topological polar surface area (TPSA) is 21.3 Å². The second-order valence-corrected chi connectivity index (χ2v) is 4.69. The van der Waals surface area contributed by atoms with Crippen molar-refractivity contribution in [2.75, 3.05) is 6.61 Å². The van der Waals surface area contributed by atoms with Gasteiger partial charge in [0.1, 0.15) is 0 Å². The van der Waals surface area contributed by atoms with Gasteiger partial charge in [0.05, 0.1) is 18.2 Å². The van der Waals surface area contributed by atoms with Crippen LogP contribution in [-0.4, -0.2) is 6.61 Å². The molecule has 0 aliphatic carbocycles. The highest BCUT2D eigenvalue weighted by Gasteiger charge is 1.97. The van der Waals surface area contributed by atoms with Gasteiger partial charge in [-0.15, -0.1) is 11.3 Å². The molecule has 0 aliphatic heterocycles. The van der Waals surface area contributed by atoms with E-state index in [1.54, 1.807) is 11.3 Å². The monoisotopic (exact) mass is 219 g/mol. The van der Waals surface area contributed by atoms with E-state index in [2.05, 4.69) is 19.3 Å². The van der Waals surface area contributed by atoms with E-state index in [1.165, 1.54) is 4.88 Å². The van der Waals surface area contributed by atoms with Gasteiger partial charge in [-0.25, -0.2) is 0 Å². The molecule has 0 unspecified atom stereocenters. The first-order valence-electron chi connectivity index (χ1n) is 4.26. The lowest BCUT2D eigenvalue weighted by atomic mass is 10.2. The molecule has 0 amide bonds. The molecule has 1 aromatic heterocycles. The van der Waals surface area contributed by atoms with Gasteiger partial charge in [-0.2, -0.15) is 5.48 Å². The fourth-order valence-electron chi connectivity index (χ4n) is 0.794. The first kappa shape index (κ1) is 11.0. The van der Waals surface area contributed by atoms with Crippen molar-refractivity contribution in [1.29, 1.82) is 0 Å². The first-order chi connectivity index (χ1) is 6.18. The Hall–Kier alpha value is -0.0900. The summed E-state index contributed by atoms with van der Waals surface area (Å²) < 4.78 is 0. The second kappa shape index (κ2) is 5.60. The van der Waals surface area contributed by atoms with Gasteiger partial charge >= 0.3 is 0 Å². The maximum absolute atomic E-state index is 5.77. The molecule has 0 radical (unpaired) electrons. The molecule has 4 heteroatoms. The lowest BCUT2D eigenvalue weighted by Crippen LogP contribution is -2.16. The van der Waals surface area contributed by atoms with Crippen LogP contribution < -0.4 is 5.48 Å². The zero-order valence-electron chi connectivity index (χ0n) is 7.84. The zero-order valence-corrected chi connectivity index (χ0v) is 9.41. The van der Waals surface area contributed by atoms with Crippen molar-refractivity contribution >= 4 is 22.9 Å². The summed E-state index contributed by atoms with van der Waals surface area (Å²) in [5.74, 6) is 0.555. The van der Waals surface area contributed by atoms with Crippen LogP contribution in [0, 0.1) is 5.92 Å². The summed E-state index contributed by atoms with van der Waals surface area (Å²) >= 11 is 7.40. The summed E-state index contributed by atoms with van der Waals surface area (Å²) in [5.41, 5.74) is 2.90. The molecule has 74 valence electrons. The first-order valence-corrected chi connectivity index (χ1v) is 5.52. The summed E-state index contributed by atoms with van der Waals surface area (Å²) in [6.45, 7) is 5.69. The highest BCUT2D eigenvalue weighted by molar-refractivity contribution is 7.10. The number of hydrogen-bond donors (Lipinski definition) is 1. The number of nitrogens with one attached hydrogen (secondary N) is 1. The highest BCUT2D eigenvalue weighted by atomic mass is 35.5. The van der Waals surface area contributed by atoms with Gasteiger partial charge in [0, 0.05) is 10.3 Å². The van der Waals surface area contributed by atoms with E-state index in [9.17, 15) is 0 Å². The van der Waals surface area contributed by atoms with Gasteiger partial charge in [-0.1, -0.05) is 25.4 Å². The summed E-state index contributed by atoms with van der Waals surface area (Å²) in [6, 6.07) is 1.94. The Balaban J connectivity index is 2.13. The highest BCUT2D eigenvalue weighted by Crippen LogP contribution is 2.18. The van der Waals surface area contributed by atoms with E-state index in [1.807, 2.05) is 11.4 Å². The van der Waals surface area contributed by atoms with Crippen LogP contribution in [0.2, 0.25) is 5.02 Å². The minimum Gasteiger partial charge on any atom is -0.301 e. The Morgan fingerprint density at radius 1 is 1.62 bits per heavy atom. The molecule has 1 heterocycles. The molecule has 2 nitrogen and oxygen atoms in total. The predicted octanol–water partition coefficient (Wildman–Crippen LogP) is 3.08. The van der Waals surface area contributed by atoms with Crippen LogP contribution in [0.15, 0.2) is 11.4 Å². The molecule has 1 N–H and O–H groups in total. The quantitative estimate of drug-likeness (QED) is 0.607. The van der Waals surface area contributed by atoms with Crippen molar-refractivity contribution in [2.24, 2.45) is 5.92 Å². The van der Waals surface area contributed by atoms with Crippen LogP contribution >= 0.6 is 22.9 Å². The number of halogens is 1. The van der Waals surface area contributed by atoms with Crippen LogP contribution in [0.4, 0.5) is 0 Å². The van der Waals surface area contributed by atoms with Crippen LogP contribution in [0.5, 0.6) is 0 Å². The third-order valence-corrected chi connectivity index (χ3v) is 2.67. The number of hydroxylamine groups is 1. The van der Waals surface area contributed by atoms with Crippen molar-refractivity contribution in [3.63, 3.8) is 0 Å². The molecule has 0 aromatic carbocycles. The number of thiophene rings is 1. The number of rotatable bonds is 5. The Morgan fingerprint density at radius 3 is 2.92 bits per heavy atom. The third kappa shape index (κ3) is 4.62. The summed E-state index contributed by atoms with van der Waals surface area (Å²) in [7, 11) is 0. The summed E-state index contributed by atoms with van der Waals surface area (Å²) in [6.07, 6.45) is 0. The maximum Gasteiger partial charge on any atom is 0.0705 e. The van der Waals surface area contributed by atoms with Crippen molar-refractivity contribution in [3.05, 3.63) is 21.3 Å². The molecule has 0 aliphatic rings. The number of hydrogen-bond acceptors (Lipinski definition) is 3. The van der Waals surface area contributed by atoms with E-state index < -0.39 is 0 Å². The SMILES string of the molecule is CC(C)CONCc1cc(Cl)cs1. The van der Waals surface area contributed by atoms with Gasteiger partial charge in [0.25, 0.3) is 0 Å². The molecule has 1 rings (SSSR count). The molecular weight excluding hydrogens is 206 g/mol. The van der Waals surface area contributed by atoms with E-state index in [0.29, 0.717) is 5.92 Å². The molecule has 0 atom stereocenters. The Kier molecular flexibility index (Phi) is 4.73. The normalized spacial score (nSPS) is 11.1. The molecule has 0 fully saturated rings. The third-order valence-electron chi connectivity index (χ3n) is 1.39. The van der Waals surface area contributed by atoms with Gasteiger partial charge in [-0.3, -0.25) is 0 Å². The maximum atomic E-state index is 5.77. The molecular formula is C9H14ClNOS. The fourth-order valence-corrected chi connectivity index (χ4v) is 1.79. The average Bonchev–Trinajstić information content (AvgIpc) is 2.45. The summed E-state index contributed by atoms with van der Waals surface area (Å²) in [5, 5.41) is 2.71. The van der Waals surface area contributed by atoms with Crippen molar-refractivity contribution in [1.82, 2.24) is 5.48 Å². The lowest BCUT2D eigenvalue weighted by molar-refractivity contribution is 0.0201. The van der Waals surface area contributed by atoms with Gasteiger partial charge in [0.2, 0.25) is 0 Å². The molecule has 13 heavy (non-hydrogen) atoms. The van der Waals surface area contributed by atoms with E-state index in [4.69, 9.17) is 16.4 Å². The molecule has 1 aromatic rings.